The number of hydrogen-bond donors (Lipinski definition) is 2. The zero-order chi connectivity index (χ0) is 14.7. The van der Waals surface area contributed by atoms with Crippen LogP contribution < -0.4 is 5.32 Å². The molecule has 0 spiro atoms. The van der Waals surface area contributed by atoms with E-state index in [4.69, 9.17) is 5.11 Å². The molecule has 5 nitrogen and oxygen atoms in total. The first-order valence-corrected chi connectivity index (χ1v) is 7.03. The molecule has 7 heteroatoms. The number of rotatable bonds is 3. The Morgan fingerprint density at radius 1 is 1.00 bits per heavy atom. The van der Waals surface area contributed by atoms with E-state index in [0.29, 0.717) is 14.6 Å². The highest BCUT2D eigenvalue weighted by atomic mass is 79.9. The number of pyridine rings is 1. The summed E-state index contributed by atoms with van der Waals surface area (Å²) in [6, 6.07) is 9.62. The highest BCUT2D eigenvalue weighted by molar-refractivity contribution is 9.11. The van der Waals surface area contributed by atoms with E-state index in [0.717, 1.165) is 0 Å². The van der Waals surface area contributed by atoms with E-state index >= 15 is 0 Å². The summed E-state index contributed by atoms with van der Waals surface area (Å²) in [4.78, 5) is 26.7. The molecule has 2 N–H and O–H groups in total. The van der Waals surface area contributed by atoms with Crippen molar-refractivity contribution in [2.75, 3.05) is 5.32 Å². The van der Waals surface area contributed by atoms with E-state index in [1.165, 1.54) is 18.2 Å². The average Bonchev–Trinajstić information content (AvgIpc) is 2.43. The van der Waals surface area contributed by atoms with Crippen molar-refractivity contribution < 1.29 is 14.7 Å². The molecule has 0 bridgehead atoms. The van der Waals surface area contributed by atoms with Crippen LogP contribution in [-0.2, 0) is 0 Å². The van der Waals surface area contributed by atoms with Gasteiger partial charge < -0.3 is 10.4 Å². The third kappa shape index (κ3) is 3.23. The summed E-state index contributed by atoms with van der Waals surface area (Å²) in [5, 5.41) is 11.5. The first-order chi connectivity index (χ1) is 9.49. The van der Waals surface area contributed by atoms with Crippen molar-refractivity contribution in [1.82, 2.24) is 4.98 Å². The average molecular weight is 400 g/mol. The predicted molar refractivity (Wildman–Crippen MR) is 81.0 cm³/mol. The molecular formula is C13H8Br2N2O3. The van der Waals surface area contributed by atoms with Crippen LogP contribution in [0.3, 0.4) is 0 Å². The molecule has 0 aliphatic heterocycles. The highest BCUT2D eigenvalue weighted by Crippen LogP contribution is 2.30. The number of carbonyl (C=O) groups excluding carboxylic acids is 1. The van der Waals surface area contributed by atoms with Crippen molar-refractivity contribution >= 4 is 49.4 Å². The normalized spacial score (nSPS) is 10.1. The lowest BCUT2D eigenvalue weighted by Gasteiger charge is -2.09. The lowest BCUT2D eigenvalue weighted by molar-refractivity contribution is 0.0690. The summed E-state index contributed by atoms with van der Waals surface area (Å²) >= 11 is 6.65. The molecule has 0 fully saturated rings. The number of aromatic nitrogens is 1. The minimum atomic E-state index is -1.18. The Morgan fingerprint density at radius 3 is 2.15 bits per heavy atom. The summed E-state index contributed by atoms with van der Waals surface area (Å²) in [6.45, 7) is 0. The molecule has 0 aliphatic rings. The summed E-state index contributed by atoms with van der Waals surface area (Å²) in [5.41, 5.74) is 0.413. The number of carboxylic acid groups (broad SMARTS) is 1. The summed E-state index contributed by atoms with van der Waals surface area (Å²) in [5.74, 6) is -1.66. The molecule has 2 rings (SSSR count). The van der Waals surface area contributed by atoms with Gasteiger partial charge in [-0.1, -0.05) is 12.1 Å². The van der Waals surface area contributed by atoms with Gasteiger partial charge in [0.05, 0.1) is 5.69 Å². The lowest BCUT2D eigenvalue weighted by Crippen LogP contribution is -2.16. The van der Waals surface area contributed by atoms with E-state index in [1.807, 2.05) is 6.07 Å². The van der Waals surface area contributed by atoms with Crippen LogP contribution in [-0.4, -0.2) is 22.0 Å². The fourth-order valence-electron chi connectivity index (χ4n) is 1.48. The van der Waals surface area contributed by atoms with E-state index in [1.54, 1.807) is 12.1 Å². The Labute approximate surface area is 131 Å². The quantitative estimate of drug-likeness (QED) is 0.826. The molecule has 1 aromatic carbocycles. The van der Waals surface area contributed by atoms with Crippen LogP contribution in [0.1, 0.15) is 21.0 Å². The van der Waals surface area contributed by atoms with E-state index in [-0.39, 0.29) is 11.4 Å². The zero-order valence-corrected chi connectivity index (χ0v) is 13.1. The third-order valence-electron chi connectivity index (χ3n) is 2.40. The molecule has 20 heavy (non-hydrogen) atoms. The highest BCUT2D eigenvalue weighted by Gasteiger charge is 2.14. The van der Waals surface area contributed by atoms with Gasteiger partial charge in [0.25, 0.3) is 5.91 Å². The van der Waals surface area contributed by atoms with Crippen molar-refractivity contribution in [3.63, 3.8) is 0 Å². The number of benzene rings is 1. The monoisotopic (exact) mass is 398 g/mol. The maximum atomic E-state index is 12.1. The largest absolute Gasteiger partial charge is 0.477 e. The summed E-state index contributed by atoms with van der Waals surface area (Å²) < 4.78 is 1.41. The number of nitrogens with zero attached hydrogens (tertiary/aromatic N) is 1. The fraction of sp³-hybridized carbons (Fsp3) is 0. The third-order valence-corrected chi connectivity index (χ3v) is 3.72. The first kappa shape index (κ1) is 14.7. The van der Waals surface area contributed by atoms with Crippen molar-refractivity contribution in [2.24, 2.45) is 0 Å². The van der Waals surface area contributed by atoms with Gasteiger partial charge in [-0.3, -0.25) is 4.79 Å². The van der Waals surface area contributed by atoms with Crippen molar-refractivity contribution in [3.8, 4) is 0 Å². The summed E-state index contributed by atoms with van der Waals surface area (Å²) in [7, 11) is 0. The molecule has 0 saturated heterocycles. The Kier molecular flexibility index (Phi) is 4.51. The number of amides is 1. The van der Waals surface area contributed by atoms with E-state index in [9.17, 15) is 9.59 Å². The van der Waals surface area contributed by atoms with Gasteiger partial charge in [0, 0.05) is 8.95 Å². The molecule has 1 heterocycles. The Hall–Kier alpha value is -1.73. The second-order valence-electron chi connectivity index (χ2n) is 3.76. The number of carboxylic acids is 1. The fourth-order valence-corrected chi connectivity index (χ4v) is 2.67. The molecule has 0 unspecified atom stereocenters. The molecule has 0 saturated carbocycles. The molecule has 0 atom stereocenters. The maximum absolute atomic E-state index is 12.1. The number of hydrogen-bond acceptors (Lipinski definition) is 3. The minimum absolute atomic E-state index is 0.0348. The predicted octanol–water partition coefficient (Wildman–Crippen LogP) is 3.56. The smallest absolute Gasteiger partial charge is 0.354 e. The van der Waals surface area contributed by atoms with Gasteiger partial charge in [-0.15, -0.1) is 0 Å². The lowest BCUT2D eigenvalue weighted by atomic mass is 10.2. The maximum Gasteiger partial charge on any atom is 0.354 e. The number of halogens is 2. The number of anilines is 1. The van der Waals surface area contributed by atoms with Gasteiger partial charge in [-0.25, -0.2) is 9.78 Å². The molecule has 102 valence electrons. The van der Waals surface area contributed by atoms with Crippen LogP contribution in [0.5, 0.6) is 0 Å². The van der Waals surface area contributed by atoms with Crippen LogP contribution in [0, 0.1) is 0 Å². The van der Waals surface area contributed by atoms with Crippen LogP contribution in [0.15, 0.2) is 45.3 Å². The molecule has 2 aromatic rings. The second-order valence-corrected chi connectivity index (χ2v) is 5.47. The van der Waals surface area contributed by atoms with Gasteiger partial charge in [-0.2, -0.15) is 0 Å². The van der Waals surface area contributed by atoms with Crippen LogP contribution in [0.25, 0.3) is 0 Å². The Morgan fingerprint density at radius 2 is 1.55 bits per heavy atom. The number of carbonyl (C=O) groups is 2. The molecule has 0 aliphatic carbocycles. The summed E-state index contributed by atoms with van der Waals surface area (Å²) in [6.07, 6.45) is 0. The Bertz CT molecular complexity index is 669. The number of aromatic carboxylic acids is 1. The van der Waals surface area contributed by atoms with E-state index < -0.39 is 11.9 Å². The van der Waals surface area contributed by atoms with Crippen LogP contribution in [0.2, 0.25) is 0 Å². The van der Waals surface area contributed by atoms with Crippen LogP contribution in [0.4, 0.5) is 5.69 Å². The molecular weight excluding hydrogens is 392 g/mol. The van der Waals surface area contributed by atoms with Crippen molar-refractivity contribution in [2.45, 2.75) is 0 Å². The number of nitrogens with one attached hydrogen (secondary N) is 1. The SMILES string of the molecule is O=C(O)c1cccc(C(=O)Nc2c(Br)cccc2Br)n1. The zero-order valence-electron chi connectivity index (χ0n) is 9.93. The standard InChI is InChI=1S/C13H8Br2N2O3/c14-7-3-1-4-8(15)11(7)17-12(18)9-5-2-6-10(16-9)13(19)20/h1-6H,(H,17,18)(H,19,20). The van der Waals surface area contributed by atoms with Crippen molar-refractivity contribution in [3.05, 3.63) is 56.7 Å². The van der Waals surface area contributed by atoms with Gasteiger partial charge >= 0.3 is 5.97 Å². The molecule has 0 radical (unpaired) electrons. The first-order valence-electron chi connectivity index (χ1n) is 5.45. The molecule has 1 aromatic heterocycles. The van der Waals surface area contributed by atoms with E-state index in [2.05, 4.69) is 42.2 Å². The number of para-hydroxylation sites is 1. The second kappa shape index (κ2) is 6.15. The Balaban J connectivity index is 2.29. The van der Waals surface area contributed by atoms with Gasteiger partial charge in [0.1, 0.15) is 11.4 Å². The van der Waals surface area contributed by atoms with Gasteiger partial charge in [-0.05, 0) is 56.1 Å². The van der Waals surface area contributed by atoms with Gasteiger partial charge in [0.15, 0.2) is 0 Å². The van der Waals surface area contributed by atoms with Gasteiger partial charge in [0.2, 0.25) is 0 Å². The van der Waals surface area contributed by atoms with Crippen LogP contribution >= 0.6 is 31.9 Å². The molecule has 1 amide bonds. The topological polar surface area (TPSA) is 79.3 Å². The van der Waals surface area contributed by atoms with Crippen molar-refractivity contribution in [1.29, 1.82) is 0 Å². The minimum Gasteiger partial charge on any atom is -0.477 e.